The fourth-order valence-corrected chi connectivity index (χ4v) is 2.53. The summed E-state index contributed by atoms with van der Waals surface area (Å²) in [6, 6.07) is 14.6. The van der Waals surface area contributed by atoms with E-state index < -0.39 is 6.03 Å². The topological polar surface area (TPSA) is 54.0 Å². The Labute approximate surface area is 137 Å². The molecule has 3 rings (SSSR count). The summed E-state index contributed by atoms with van der Waals surface area (Å²) in [5.41, 5.74) is 0.709. The number of carbonyl (C=O) groups is 1. The number of carbonyl (C=O) groups excluding carboxylic acids is 1. The second-order valence-electron chi connectivity index (χ2n) is 4.59. The lowest BCUT2D eigenvalue weighted by atomic mass is 10.1. The van der Waals surface area contributed by atoms with Crippen LogP contribution in [0.3, 0.4) is 0 Å². The third-order valence-corrected chi connectivity index (χ3v) is 3.57. The molecule has 2 amide bonds. The normalized spacial score (nSPS) is 10.5. The molecule has 0 spiro atoms. The van der Waals surface area contributed by atoms with Gasteiger partial charge in [-0.05, 0) is 17.5 Å². The van der Waals surface area contributed by atoms with Crippen LogP contribution in [0.25, 0.3) is 10.8 Å². The fourth-order valence-electron chi connectivity index (χ4n) is 2.10. The van der Waals surface area contributed by atoms with Crippen LogP contribution < -0.4 is 10.6 Å². The number of hydrogen-bond donors (Lipinski definition) is 2. The number of benzene rings is 2. The molecule has 110 valence electrons. The highest BCUT2D eigenvalue weighted by Gasteiger charge is 2.09. The van der Waals surface area contributed by atoms with E-state index in [0.717, 1.165) is 10.8 Å². The second-order valence-corrected chi connectivity index (χ2v) is 5.43. The molecule has 22 heavy (non-hydrogen) atoms. The molecule has 2 aromatic carbocycles. The minimum Gasteiger partial charge on any atom is -0.307 e. The highest BCUT2D eigenvalue weighted by molar-refractivity contribution is 6.36. The number of hydrogen-bond acceptors (Lipinski definition) is 2. The molecule has 0 saturated carbocycles. The van der Waals surface area contributed by atoms with Gasteiger partial charge in [0.25, 0.3) is 0 Å². The van der Waals surface area contributed by atoms with Crippen LogP contribution in [-0.4, -0.2) is 11.0 Å². The van der Waals surface area contributed by atoms with Crippen molar-refractivity contribution in [2.45, 2.75) is 0 Å². The van der Waals surface area contributed by atoms with Crippen molar-refractivity contribution < 1.29 is 4.79 Å². The first-order valence-electron chi connectivity index (χ1n) is 6.50. The summed E-state index contributed by atoms with van der Waals surface area (Å²) in [4.78, 5) is 16.1. The monoisotopic (exact) mass is 331 g/mol. The van der Waals surface area contributed by atoms with Gasteiger partial charge in [-0.2, -0.15) is 0 Å². The lowest BCUT2D eigenvalue weighted by molar-refractivity contribution is 0.262. The van der Waals surface area contributed by atoms with Gasteiger partial charge in [-0.25, -0.2) is 9.78 Å². The highest BCUT2D eigenvalue weighted by atomic mass is 35.5. The second kappa shape index (κ2) is 6.22. The predicted octanol–water partition coefficient (Wildman–Crippen LogP) is 5.19. The number of urea groups is 1. The molecule has 6 heteroatoms. The Morgan fingerprint density at radius 3 is 2.59 bits per heavy atom. The van der Waals surface area contributed by atoms with Gasteiger partial charge in [0.05, 0.1) is 15.7 Å². The molecule has 0 aliphatic heterocycles. The maximum absolute atomic E-state index is 12.1. The Morgan fingerprint density at radius 2 is 1.77 bits per heavy atom. The molecular weight excluding hydrogens is 321 g/mol. The average molecular weight is 332 g/mol. The number of pyridine rings is 1. The number of aromatic nitrogens is 1. The van der Waals surface area contributed by atoms with Crippen molar-refractivity contribution in [3.05, 3.63) is 64.8 Å². The van der Waals surface area contributed by atoms with E-state index in [4.69, 9.17) is 23.2 Å². The zero-order valence-corrected chi connectivity index (χ0v) is 12.8. The van der Waals surface area contributed by atoms with Gasteiger partial charge in [0.1, 0.15) is 0 Å². The molecule has 4 nitrogen and oxygen atoms in total. The van der Waals surface area contributed by atoms with Crippen molar-refractivity contribution >= 4 is 51.5 Å². The molecule has 0 bridgehead atoms. The number of halogens is 2. The van der Waals surface area contributed by atoms with Crippen molar-refractivity contribution in [1.29, 1.82) is 0 Å². The summed E-state index contributed by atoms with van der Waals surface area (Å²) in [6.45, 7) is 0. The zero-order chi connectivity index (χ0) is 15.5. The maximum atomic E-state index is 12.1. The van der Waals surface area contributed by atoms with Gasteiger partial charge in [0.2, 0.25) is 0 Å². The van der Waals surface area contributed by atoms with E-state index in [2.05, 4.69) is 15.6 Å². The van der Waals surface area contributed by atoms with Gasteiger partial charge >= 0.3 is 6.03 Å². The molecule has 0 aliphatic rings. The summed E-state index contributed by atoms with van der Waals surface area (Å²) in [5, 5.41) is 8.08. The predicted molar refractivity (Wildman–Crippen MR) is 90.8 cm³/mol. The summed E-state index contributed by atoms with van der Waals surface area (Å²) in [6.07, 6.45) is 1.42. The first-order chi connectivity index (χ1) is 10.6. The summed E-state index contributed by atoms with van der Waals surface area (Å²) in [5.74, 6) is 0.254. The smallest absolute Gasteiger partial charge is 0.307 e. The molecular formula is C16H11Cl2N3O. The quantitative estimate of drug-likeness (QED) is 0.679. The SMILES string of the molecule is O=C(Nc1ncc(Cl)cc1Cl)Nc1cccc2ccccc12. The first kappa shape index (κ1) is 14.6. The molecule has 0 aliphatic carbocycles. The molecule has 0 saturated heterocycles. The molecule has 3 aromatic rings. The van der Waals surface area contributed by atoms with Crippen LogP contribution in [0.2, 0.25) is 10.0 Å². The number of nitrogens with zero attached hydrogens (tertiary/aromatic N) is 1. The van der Waals surface area contributed by atoms with Crippen molar-refractivity contribution in [3.8, 4) is 0 Å². The van der Waals surface area contributed by atoms with Gasteiger partial charge in [0.15, 0.2) is 5.82 Å². The van der Waals surface area contributed by atoms with Gasteiger partial charge in [0, 0.05) is 11.6 Å². The van der Waals surface area contributed by atoms with Gasteiger partial charge in [-0.15, -0.1) is 0 Å². The average Bonchev–Trinajstić information content (AvgIpc) is 2.50. The van der Waals surface area contributed by atoms with Crippen molar-refractivity contribution in [1.82, 2.24) is 4.98 Å². The van der Waals surface area contributed by atoms with E-state index in [-0.39, 0.29) is 10.8 Å². The standard InChI is InChI=1S/C16H11Cl2N3O/c17-11-8-13(18)15(19-9-11)21-16(22)20-14-7-3-5-10-4-1-2-6-12(10)14/h1-9H,(H2,19,20,21,22). The van der Waals surface area contributed by atoms with Gasteiger partial charge < -0.3 is 5.32 Å². The number of fused-ring (bicyclic) bond motifs is 1. The first-order valence-corrected chi connectivity index (χ1v) is 7.26. The van der Waals surface area contributed by atoms with E-state index in [9.17, 15) is 4.79 Å². The van der Waals surface area contributed by atoms with Gasteiger partial charge in [-0.3, -0.25) is 5.32 Å². The van der Waals surface area contributed by atoms with Crippen LogP contribution in [0.1, 0.15) is 0 Å². The Balaban J connectivity index is 1.81. The Kier molecular flexibility index (Phi) is 4.13. The van der Waals surface area contributed by atoms with Crippen molar-refractivity contribution in [2.75, 3.05) is 10.6 Å². The summed E-state index contributed by atoms with van der Waals surface area (Å²) in [7, 11) is 0. The number of anilines is 2. The highest BCUT2D eigenvalue weighted by Crippen LogP contribution is 2.25. The van der Waals surface area contributed by atoms with E-state index in [1.807, 2.05) is 42.5 Å². The molecule has 1 heterocycles. The van der Waals surface area contributed by atoms with Gasteiger partial charge in [-0.1, -0.05) is 59.6 Å². The Morgan fingerprint density at radius 1 is 1.00 bits per heavy atom. The van der Waals surface area contributed by atoms with Crippen LogP contribution in [0.4, 0.5) is 16.3 Å². The molecule has 0 fully saturated rings. The molecule has 1 aromatic heterocycles. The number of nitrogens with one attached hydrogen (secondary N) is 2. The maximum Gasteiger partial charge on any atom is 0.324 e. The van der Waals surface area contributed by atoms with Crippen molar-refractivity contribution in [3.63, 3.8) is 0 Å². The largest absolute Gasteiger partial charge is 0.324 e. The minimum atomic E-state index is -0.423. The minimum absolute atomic E-state index is 0.254. The molecule has 0 unspecified atom stereocenters. The lowest BCUT2D eigenvalue weighted by Crippen LogP contribution is -2.20. The van der Waals surface area contributed by atoms with Crippen LogP contribution in [-0.2, 0) is 0 Å². The lowest BCUT2D eigenvalue weighted by Gasteiger charge is -2.10. The fraction of sp³-hybridized carbons (Fsp3) is 0. The van der Waals surface area contributed by atoms with E-state index in [1.54, 1.807) is 0 Å². The Hall–Kier alpha value is -2.30. The van der Waals surface area contributed by atoms with Crippen LogP contribution in [0, 0.1) is 0 Å². The van der Waals surface area contributed by atoms with Crippen LogP contribution in [0.15, 0.2) is 54.7 Å². The number of rotatable bonds is 2. The van der Waals surface area contributed by atoms with E-state index >= 15 is 0 Å². The summed E-state index contributed by atoms with van der Waals surface area (Å²) < 4.78 is 0. The zero-order valence-electron chi connectivity index (χ0n) is 11.3. The van der Waals surface area contributed by atoms with E-state index in [0.29, 0.717) is 10.7 Å². The van der Waals surface area contributed by atoms with Crippen LogP contribution >= 0.6 is 23.2 Å². The Bertz CT molecular complexity index is 846. The van der Waals surface area contributed by atoms with Crippen molar-refractivity contribution in [2.24, 2.45) is 0 Å². The number of amides is 2. The molecule has 0 atom stereocenters. The molecule has 2 N–H and O–H groups in total. The molecule has 0 radical (unpaired) electrons. The van der Waals surface area contributed by atoms with Crippen LogP contribution in [0.5, 0.6) is 0 Å². The summed E-state index contributed by atoms with van der Waals surface area (Å²) >= 11 is 11.8. The third-order valence-electron chi connectivity index (χ3n) is 3.08. The van der Waals surface area contributed by atoms with E-state index in [1.165, 1.54) is 12.3 Å². The third kappa shape index (κ3) is 3.13.